The molecule has 0 aromatic heterocycles. The number of amides is 1. The zero-order valence-electron chi connectivity index (χ0n) is 21.6. The SMILES string of the molecule is Cc1cccc(C(NC(=O)c2ccc(CN(c3c(C)cccc3C)S(C)(=O)=O)cc2)c2ccccc2)c1. The topological polar surface area (TPSA) is 66.5 Å². The number of benzene rings is 4. The molecule has 0 aliphatic rings. The maximum absolute atomic E-state index is 13.3. The standard InChI is InChI=1S/C31H32N2O3S/c1-22-10-8-15-28(20-22)29(26-13-6-5-7-14-26)32-31(34)27-18-16-25(17-19-27)21-33(37(4,35)36)30-23(2)11-9-12-24(30)3/h5-20,29H,21H2,1-4H3,(H,32,34). The average molecular weight is 513 g/mol. The summed E-state index contributed by atoms with van der Waals surface area (Å²) >= 11 is 0. The van der Waals surface area contributed by atoms with Gasteiger partial charge in [0.15, 0.2) is 0 Å². The van der Waals surface area contributed by atoms with E-state index in [1.54, 1.807) is 12.1 Å². The highest BCUT2D eigenvalue weighted by molar-refractivity contribution is 7.92. The molecule has 0 fully saturated rings. The summed E-state index contributed by atoms with van der Waals surface area (Å²) in [6.45, 7) is 6.03. The van der Waals surface area contributed by atoms with Crippen LogP contribution in [-0.2, 0) is 16.6 Å². The van der Waals surface area contributed by atoms with E-state index in [2.05, 4.69) is 11.4 Å². The molecule has 4 aromatic carbocycles. The van der Waals surface area contributed by atoms with Gasteiger partial charge >= 0.3 is 0 Å². The summed E-state index contributed by atoms with van der Waals surface area (Å²) in [5, 5.41) is 3.17. The van der Waals surface area contributed by atoms with E-state index >= 15 is 0 Å². The lowest BCUT2D eigenvalue weighted by molar-refractivity contribution is 0.0943. The second-order valence-corrected chi connectivity index (χ2v) is 11.3. The van der Waals surface area contributed by atoms with E-state index in [0.717, 1.165) is 33.4 Å². The number of hydrogen-bond acceptors (Lipinski definition) is 3. The van der Waals surface area contributed by atoms with E-state index in [1.165, 1.54) is 10.6 Å². The largest absolute Gasteiger partial charge is 0.341 e. The Morgan fingerprint density at radius 3 is 1.97 bits per heavy atom. The Morgan fingerprint density at radius 1 is 0.784 bits per heavy atom. The van der Waals surface area contributed by atoms with Crippen molar-refractivity contribution in [1.29, 1.82) is 0 Å². The third-order valence-electron chi connectivity index (χ3n) is 6.42. The number of para-hydroxylation sites is 1. The molecule has 0 saturated carbocycles. The highest BCUT2D eigenvalue weighted by Crippen LogP contribution is 2.29. The van der Waals surface area contributed by atoms with Gasteiger partial charge in [-0.2, -0.15) is 0 Å². The molecule has 1 N–H and O–H groups in total. The molecule has 0 spiro atoms. The Balaban J connectivity index is 1.58. The molecule has 0 saturated heterocycles. The number of rotatable bonds is 8. The van der Waals surface area contributed by atoms with Gasteiger partial charge in [0.05, 0.1) is 24.5 Å². The van der Waals surface area contributed by atoms with Crippen LogP contribution in [0.3, 0.4) is 0 Å². The van der Waals surface area contributed by atoms with Gasteiger partial charge in [-0.15, -0.1) is 0 Å². The fourth-order valence-corrected chi connectivity index (χ4v) is 5.56. The molecule has 0 bridgehead atoms. The molecule has 1 amide bonds. The van der Waals surface area contributed by atoms with Crippen molar-refractivity contribution < 1.29 is 13.2 Å². The fourth-order valence-electron chi connectivity index (χ4n) is 4.56. The number of carbonyl (C=O) groups is 1. The lowest BCUT2D eigenvalue weighted by Gasteiger charge is -2.26. The molecule has 0 radical (unpaired) electrons. The Bertz CT molecular complexity index is 1480. The summed E-state index contributed by atoms with van der Waals surface area (Å²) in [6.07, 6.45) is 1.22. The molecular formula is C31H32N2O3S. The Hall–Kier alpha value is -3.90. The summed E-state index contributed by atoms with van der Waals surface area (Å²) in [4.78, 5) is 13.3. The Morgan fingerprint density at radius 2 is 1.38 bits per heavy atom. The number of aryl methyl sites for hydroxylation is 3. The molecule has 190 valence electrons. The predicted molar refractivity (Wildman–Crippen MR) is 150 cm³/mol. The fraction of sp³-hybridized carbons (Fsp3) is 0.194. The van der Waals surface area contributed by atoms with Gasteiger partial charge in [0.1, 0.15) is 0 Å². The number of nitrogens with one attached hydrogen (secondary N) is 1. The van der Waals surface area contributed by atoms with Gasteiger partial charge in [-0.05, 0) is 60.7 Å². The first-order valence-corrected chi connectivity index (χ1v) is 14.0. The molecule has 0 aliphatic carbocycles. The van der Waals surface area contributed by atoms with Crippen molar-refractivity contribution in [2.45, 2.75) is 33.4 Å². The summed E-state index contributed by atoms with van der Waals surface area (Å²) in [5.74, 6) is -0.198. The summed E-state index contributed by atoms with van der Waals surface area (Å²) < 4.78 is 26.8. The van der Waals surface area contributed by atoms with Crippen LogP contribution >= 0.6 is 0 Å². The van der Waals surface area contributed by atoms with Crippen molar-refractivity contribution in [3.05, 3.63) is 136 Å². The van der Waals surface area contributed by atoms with Crippen LogP contribution in [0.5, 0.6) is 0 Å². The van der Waals surface area contributed by atoms with Gasteiger partial charge in [0, 0.05) is 5.56 Å². The van der Waals surface area contributed by atoms with Crippen LogP contribution in [0.25, 0.3) is 0 Å². The molecule has 6 heteroatoms. The second kappa shape index (κ2) is 11.0. The average Bonchev–Trinajstić information content (AvgIpc) is 2.87. The van der Waals surface area contributed by atoms with Crippen molar-refractivity contribution in [1.82, 2.24) is 5.32 Å². The Labute approximate surface area is 219 Å². The van der Waals surface area contributed by atoms with Gasteiger partial charge in [0.2, 0.25) is 10.0 Å². The van der Waals surface area contributed by atoms with E-state index in [9.17, 15) is 13.2 Å². The molecule has 0 aliphatic heterocycles. The zero-order chi connectivity index (χ0) is 26.6. The summed E-state index contributed by atoms with van der Waals surface area (Å²) in [5.41, 5.74) is 6.91. The van der Waals surface area contributed by atoms with E-state index in [1.807, 2.05) is 99.6 Å². The van der Waals surface area contributed by atoms with E-state index in [-0.39, 0.29) is 18.5 Å². The van der Waals surface area contributed by atoms with Crippen LogP contribution in [0.2, 0.25) is 0 Å². The zero-order valence-corrected chi connectivity index (χ0v) is 22.4. The highest BCUT2D eigenvalue weighted by atomic mass is 32.2. The quantitative estimate of drug-likeness (QED) is 0.310. The van der Waals surface area contributed by atoms with Crippen molar-refractivity contribution in [3.8, 4) is 0 Å². The second-order valence-electron chi connectivity index (χ2n) is 9.44. The van der Waals surface area contributed by atoms with Crippen LogP contribution in [0.1, 0.15) is 49.8 Å². The summed E-state index contributed by atoms with van der Waals surface area (Å²) in [6, 6.07) is 30.5. The first-order chi connectivity index (χ1) is 17.6. The van der Waals surface area contributed by atoms with Crippen LogP contribution in [0.4, 0.5) is 5.69 Å². The molecule has 1 atom stereocenters. The van der Waals surface area contributed by atoms with Crippen molar-refractivity contribution in [2.75, 3.05) is 10.6 Å². The lowest BCUT2D eigenvalue weighted by Crippen LogP contribution is -2.31. The molecule has 37 heavy (non-hydrogen) atoms. The van der Waals surface area contributed by atoms with Crippen LogP contribution in [0.15, 0.2) is 97.1 Å². The van der Waals surface area contributed by atoms with Crippen LogP contribution in [0, 0.1) is 20.8 Å². The van der Waals surface area contributed by atoms with Gasteiger partial charge in [-0.25, -0.2) is 8.42 Å². The smallest absolute Gasteiger partial charge is 0.252 e. The normalized spacial score (nSPS) is 12.1. The van der Waals surface area contributed by atoms with E-state index in [4.69, 9.17) is 0 Å². The number of carbonyl (C=O) groups excluding carboxylic acids is 1. The van der Waals surface area contributed by atoms with Crippen molar-refractivity contribution in [3.63, 3.8) is 0 Å². The van der Waals surface area contributed by atoms with Crippen molar-refractivity contribution in [2.24, 2.45) is 0 Å². The molecular weight excluding hydrogens is 480 g/mol. The molecule has 0 heterocycles. The minimum atomic E-state index is -3.51. The van der Waals surface area contributed by atoms with E-state index in [0.29, 0.717) is 11.3 Å². The molecule has 4 rings (SSSR count). The number of sulfonamides is 1. The number of hydrogen-bond donors (Lipinski definition) is 1. The van der Waals surface area contributed by atoms with Gasteiger partial charge in [0.25, 0.3) is 5.91 Å². The first kappa shape index (κ1) is 26.2. The Kier molecular flexibility index (Phi) is 7.79. The number of anilines is 1. The van der Waals surface area contributed by atoms with Gasteiger partial charge in [-0.3, -0.25) is 9.10 Å². The summed E-state index contributed by atoms with van der Waals surface area (Å²) in [7, 11) is -3.51. The molecule has 1 unspecified atom stereocenters. The van der Waals surface area contributed by atoms with Gasteiger partial charge < -0.3 is 5.32 Å². The van der Waals surface area contributed by atoms with Crippen LogP contribution in [-0.4, -0.2) is 20.6 Å². The third-order valence-corrected chi connectivity index (χ3v) is 7.53. The maximum atomic E-state index is 13.3. The molecule has 5 nitrogen and oxygen atoms in total. The van der Waals surface area contributed by atoms with Crippen LogP contribution < -0.4 is 9.62 Å². The number of nitrogens with zero attached hydrogens (tertiary/aromatic N) is 1. The van der Waals surface area contributed by atoms with Gasteiger partial charge in [-0.1, -0.05) is 90.5 Å². The third kappa shape index (κ3) is 6.27. The minimum absolute atomic E-state index is 0.183. The molecule has 4 aromatic rings. The highest BCUT2D eigenvalue weighted by Gasteiger charge is 2.22. The maximum Gasteiger partial charge on any atom is 0.252 e. The van der Waals surface area contributed by atoms with Crippen molar-refractivity contribution >= 4 is 21.6 Å². The lowest BCUT2D eigenvalue weighted by atomic mass is 9.97. The van der Waals surface area contributed by atoms with E-state index < -0.39 is 10.0 Å². The first-order valence-electron chi connectivity index (χ1n) is 12.2. The predicted octanol–water partition coefficient (Wildman–Crippen LogP) is 6.10. The monoisotopic (exact) mass is 512 g/mol. The minimum Gasteiger partial charge on any atom is -0.341 e.